The zero-order valence-corrected chi connectivity index (χ0v) is 21.5. The summed E-state index contributed by atoms with van der Waals surface area (Å²) in [5.41, 5.74) is -0.211. The molecule has 2 aliphatic carbocycles. The second-order valence-corrected chi connectivity index (χ2v) is 10.8. The molecule has 3 aliphatic rings. The van der Waals surface area contributed by atoms with E-state index >= 15 is 0 Å². The van der Waals surface area contributed by atoms with E-state index in [4.69, 9.17) is 18.6 Å². The van der Waals surface area contributed by atoms with Crippen molar-refractivity contribution in [3.8, 4) is 0 Å². The zero-order chi connectivity index (χ0) is 27.1. The molecule has 0 bridgehead atoms. The monoisotopic (exact) mass is 518 g/mol. The van der Waals surface area contributed by atoms with Crippen LogP contribution in [0.3, 0.4) is 0 Å². The minimum Gasteiger partial charge on any atom is -0.472 e. The fourth-order valence-electron chi connectivity index (χ4n) is 6.76. The number of allylic oxidation sites excluding steroid dienone is 1. The molecule has 1 saturated heterocycles. The highest BCUT2D eigenvalue weighted by molar-refractivity contribution is 6.03. The van der Waals surface area contributed by atoms with Gasteiger partial charge in [0.05, 0.1) is 31.5 Å². The second-order valence-electron chi connectivity index (χ2n) is 10.8. The molecule has 0 amide bonds. The molecular weight excluding hydrogens is 488 g/mol. The first kappa shape index (κ1) is 25.7. The summed E-state index contributed by atoms with van der Waals surface area (Å²) in [6.45, 7) is 3.79. The van der Waals surface area contributed by atoms with E-state index in [1.165, 1.54) is 31.8 Å². The van der Waals surface area contributed by atoms with Crippen LogP contribution in [0, 0.1) is 28.6 Å². The van der Waals surface area contributed by atoms with E-state index < -0.39 is 52.4 Å². The third-order valence-corrected chi connectivity index (χ3v) is 8.58. The third kappa shape index (κ3) is 4.27. The van der Waals surface area contributed by atoms with Gasteiger partial charge in [0.1, 0.15) is 6.10 Å². The molecule has 0 spiro atoms. The highest BCUT2D eigenvalue weighted by Crippen LogP contribution is 2.64. The largest absolute Gasteiger partial charge is 0.472 e. The lowest BCUT2D eigenvalue weighted by molar-refractivity contribution is -0.198. The first-order valence-electron chi connectivity index (χ1n) is 12.7. The van der Waals surface area contributed by atoms with Crippen LogP contribution in [-0.2, 0) is 33.4 Å². The van der Waals surface area contributed by atoms with Gasteiger partial charge in [-0.1, -0.05) is 44.2 Å². The van der Waals surface area contributed by atoms with E-state index in [0.717, 1.165) is 5.56 Å². The number of cyclic esters (lactones) is 1. The number of hydrogen-bond donors (Lipinski definition) is 0. The lowest BCUT2D eigenvalue weighted by Crippen LogP contribution is -2.61. The van der Waals surface area contributed by atoms with Crippen molar-refractivity contribution in [2.24, 2.45) is 28.6 Å². The normalized spacial score (nSPS) is 32.6. The van der Waals surface area contributed by atoms with Gasteiger partial charge in [0.2, 0.25) is 5.78 Å². The number of carbonyl (C=O) groups is 4. The van der Waals surface area contributed by atoms with Gasteiger partial charge in [-0.25, -0.2) is 4.79 Å². The number of ether oxygens (including phenoxy) is 3. The Morgan fingerprint density at radius 3 is 2.53 bits per heavy atom. The van der Waals surface area contributed by atoms with Crippen LogP contribution in [0.4, 0.5) is 0 Å². The van der Waals surface area contributed by atoms with E-state index in [-0.39, 0.29) is 11.7 Å². The number of rotatable bonds is 5. The van der Waals surface area contributed by atoms with Crippen molar-refractivity contribution in [2.45, 2.75) is 39.2 Å². The smallest absolute Gasteiger partial charge is 0.336 e. The topological polar surface area (TPSA) is 109 Å². The fourth-order valence-corrected chi connectivity index (χ4v) is 6.76. The van der Waals surface area contributed by atoms with E-state index in [2.05, 4.69) is 0 Å². The van der Waals surface area contributed by atoms with Gasteiger partial charge in [-0.2, -0.15) is 0 Å². The van der Waals surface area contributed by atoms with E-state index in [1.807, 2.05) is 44.2 Å². The fraction of sp³-hybridized carbons (Fsp3) is 0.400. The summed E-state index contributed by atoms with van der Waals surface area (Å²) in [6, 6.07) is 10.9. The maximum Gasteiger partial charge on any atom is 0.336 e. The molecule has 0 radical (unpaired) electrons. The number of esters is 3. The summed E-state index contributed by atoms with van der Waals surface area (Å²) in [4.78, 5) is 53.1. The second kappa shape index (κ2) is 9.74. The SMILES string of the molecule is COC(=O)[C@@H]1C=C(OC(=O)/C=C/c2ccccc2)C(=O)[C@H]2[C@@]1(C)CC[C@H]1C(=O)O[C@H](c3ccoc3)C[C@]21C. The Morgan fingerprint density at radius 1 is 1.08 bits per heavy atom. The summed E-state index contributed by atoms with van der Waals surface area (Å²) in [5.74, 6) is -4.41. The minimum absolute atomic E-state index is 0.203. The van der Waals surface area contributed by atoms with E-state index in [0.29, 0.717) is 24.8 Å². The minimum atomic E-state index is -0.862. The molecule has 0 unspecified atom stereocenters. The number of benzene rings is 1. The van der Waals surface area contributed by atoms with Gasteiger partial charge >= 0.3 is 17.9 Å². The molecule has 8 nitrogen and oxygen atoms in total. The van der Waals surface area contributed by atoms with Crippen molar-refractivity contribution in [1.29, 1.82) is 0 Å². The molecule has 2 heterocycles. The highest BCUT2D eigenvalue weighted by atomic mass is 16.6. The molecular formula is C30H30O8. The summed E-state index contributed by atoms with van der Waals surface area (Å²) in [7, 11) is 1.29. The van der Waals surface area contributed by atoms with Gasteiger partial charge in [0.15, 0.2) is 5.76 Å². The first-order chi connectivity index (χ1) is 18.2. The van der Waals surface area contributed by atoms with Crippen molar-refractivity contribution in [2.75, 3.05) is 7.11 Å². The summed E-state index contributed by atoms with van der Waals surface area (Å²) in [5, 5.41) is 0. The standard InChI is InChI=1S/C30H30O8/c1-29-13-11-20-28(34)38-23(19-12-14-36-17-19)16-30(20,2)26(29)25(32)22(15-21(29)27(33)35-3)37-24(31)10-9-18-7-5-4-6-8-18/h4-10,12,14-15,17,20-21,23,26H,11,13,16H2,1-3H3/b10-9+/t20-,21-,23-,26-,29-,30-/m0/s1. The van der Waals surface area contributed by atoms with Crippen LogP contribution in [0.1, 0.15) is 50.3 Å². The predicted molar refractivity (Wildman–Crippen MR) is 135 cm³/mol. The molecule has 38 heavy (non-hydrogen) atoms. The van der Waals surface area contributed by atoms with Crippen LogP contribution in [0.2, 0.25) is 0 Å². The lowest BCUT2D eigenvalue weighted by atomic mass is 9.44. The van der Waals surface area contributed by atoms with Gasteiger partial charge in [0.25, 0.3) is 0 Å². The van der Waals surface area contributed by atoms with Crippen molar-refractivity contribution >= 4 is 29.8 Å². The molecule has 1 aromatic carbocycles. The molecule has 0 N–H and O–H groups in total. The number of Topliss-reactive ketones (excluding diaryl/α,β-unsaturated/α-hetero) is 1. The predicted octanol–water partition coefficient (Wildman–Crippen LogP) is 4.82. The van der Waals surface area contributed by atoms with Gasteiger partial charge < -0.3 is 18.6 Å². The molecule has 2 fully saturated rings. The molecule has 198 valence electrons. The number of ketones is 1. The molecule has 1 saturated carbocycles. The molecule has 8 heteroatoms. The van der Waals surface area contributed by atoms with Crippen LogP contribution >= 0.6 is 0 Å². The summed E-state index contributed by atoms with van der Waals surface area (Å²) in [6.07, 6.45) is 7.92. The Labute approximate surface area is 220 Å². The van der Waals surface area contributed by atoms with Crippen LogP contribution in [0.5, 0.6) is 0 Å². The van der Waals surface area contributed by atoms with Gasteiger partial charge in [-0.3, -0.25) is 14.4 Å². The Kier molecular flexibility index (Phi) is 6.59. The number of fused-ring (bicyclic) bond motifs is 3. The molecule has 2 aromatic rings. The van der Waals surface area contributed by atoms with Crippen LogP contribution < -0.4 is 0 Å². The Balaban J connectivity index is 1.51. The summed E-state index contributed by atoms with van der Waals surface area (Å²) >= 11 is 0. The van der Waals surface area contributed by atoms with Crippen LogP contribution in [0.15, 0.2) is 71.3 Å². The number of carbonyl (C=O) groups excluding carboxylic acids is 4. The quantitative estimate of drug-likeness (QED) is 0.315. The maximum atomic E-state index is 14.1. The molecule has 1 aliphatic heterocycles. The first-order valence-corrected chi connectivity index (χ1v) is 12.7. The maximum absolute atomic E-state index is 14.1. The summed E-state index contributed by atoms with van der Waals surface area (Å²) < 4.78 is 21.6. The third-order valence-electron chi connectivity index (χ3n) is 8.58. The zero-order valence-electron chi connectivity index (χ0n) is 21.5. The Morgan fingerprint density at radius 2 is 1.84 bits per heavy atom. The average Bonchev–Trinajstić information content (AvgIpc) is 3.44. The Hall–Kier alpha value is -3.94. The number of hydrogen-bond acceptors (Lipinski definition) is 8. The van der Waals surface area contributed by atoms with Gasteiger partial charge in [0, 0.05) is 17.6 Å². The lowest BCUT2D eigenvalue weighted by Gasteiger charge is -2.59. The molecule has 6 atom stereocenters. The van der Waals surface area contributed by atoms with Crippen LogP contribution in [-0.4, -0.2) is 30.8 Å². The molecule has 1 aromatic heterocycles. The number of furan rings is 1. The highest BCUT2D eigenvalue weighted by Gasteiger charge is 2.66. The van der Waals surface area contributed by atoms with Crippen molar-refractivity contribution in [3.63, 3.8) is 0 Å². The van der Waals surface area contributed by atoms with Gasteiger partial charge in [-0.15, -0.1) is 0 Å². The average molecular weight is 519 g/mol. The van der Waals surface area contributed by atoms with Crippen molar-refractivity contribution in [1.82, 2.24) is 0 Å². The number of methoxy groups -OCH3 is 1. The van der Waals surface area contributed by atoms with E-state index in [9.17, 15) is 19.2 Å². The van der Waals surface area contributed by atoms with E-state index in [1.54, 1.807) is 12.1 Å². The van der Waals surface area contributed by atoms with Gasteiger partial charge in [-0.05, 0) is 53.9 Å². The van der Waals surface area contributed by atoms with Crippen molar-refractivity contribution < 1.29 is 37.8 Å². The Bertz CT molecular complexity index is 1310. The van der Waals surface area contributed by atoms with Crippen molar-refractivity contribution in [3.05, 3.63) is 78.0 Å². The molecule has 5 rings (SSSR count). The van der Waals surface area contributed by atoms with Crippen LogP contribution in [0.25, 0.3) is 6.08 Å².